The van der Waals surface area contributed by atoms with Gasteiger partial charge >= 0.3 is 0 Å². The van der Waals surface area contributed by atoms with E-state index in [2.05, 4.69) is 11.9 Å². The molecule has 3 aromatic rings. The van der Waals surface area contributed by atoms with E-state index in [-0.39, 0.29) is 17.9 Å². The van der Waals surface area contributed by atoms with Gasteiger partial charge in [-0.05, 0) is 66.9 Å². The Balaban J connectivity index is 1.59. The molecule has 9 heteroatoms. The van der Waals surface area contributed by atoms with Crippen molar-refractivity contribution in [3.63, 3.8) is 0 Å². The van der Waals surface area contributed by atoms with Crippen LogP contribution in [0.15, 0.2) is 66.5 Å². The van der Waals surface area contributed by atoms with E-state index >= 15 is 0 Å². The highest BCUT2D eigenvalue weighted by molar-refractivity contribution is 6.46. The summed E-state index contributed by atoms with van der Waals surface area (Å²) in [7, 11) is 0. The van der Waals surface area contributed by atoms with Gasteiger partial charge in [-0.2, -0.15) is 0 Å². The predicted molar refractivity (Wildman–Crippen MR) is 152 cm³/mol. The number of nitrogens with zero attached hydrogens (tertiary/aromatic N) is 2. The Morgan fingerprint density at radius 1 is 0.951 bits per heavy atom. The van der Waals surface area contributed by atoms with Gasteiger partial charge in [0.1, 0.15) is 19.0 Å². The lowest BCUT2D eigenvalue weighted by molar-refractivity contribution is -0.140. The number of unbranched alkanes of at least 4 members (excludes halogenated alkanes) is 2. The van der Waals surface area contributed by atoms with Crippen LogP contribution >= 0.6 is 0 Å². The second-order valence-electron chi connectivity index (χ2n) is 9.84. The van der Waals surface area contributed by atoms with Gasteiger partial charge in [0.25, 0.3) is 11.7 Å². The summed E-state index contributed by atoms with van der Waals surface area (Å²) in [4.78, 5) is 32.5. The third kappa shape index (κ3) is 5.99. The van der Waals surface area contributed by atoms with Gasteiger partial charge in [0.05, 0.1) is 24.8 Å². The van der Waals surface area contributed by atoms with E-state index in [1.807, 2.05) is 13.0 Å². The fraction of sp³-hybridized carbons (Fsp3) is 0.344. The summed E-state index contributed by atoms with van der Waals surface area (Å²) >= 11 is 0. The van der Waals surface area contributed by atoms with E-state index in [4.69, 9.17) is 18.9 Å². The van der Waals surface area contributed by atoms with Gasteiger partial charge in [0.15, 0.2) is 23.0 Å². The summed E-state index contributed by atoms with van der Waals surface area (Å²) in [5, 5.41) is 11.5. The maximum Gasteiger partial charge on any atom is 0.295 e. The number of Topliss-reactive ketones (excluding diaryl/α,β-unsaturated/α-hetero) is 1. The number of aliphatic hydroxyl groups excluding tert-OH is 1. The summed E-state index contributed by atoms with van der Waals surface area (Å²) in [5.74, 6) is 0.350. The molecule has 0 spiro atoms. The molecule has 0 aliphatic carbocycles. The smallest absolute Gasteiger partial charge is 0.295 e. The molecular weight excluding hydrogens is 524 g/mol. The van der Waals surface area contributed by atoms with E-state index in [9.17, 15) is 14.7 Å². The van der Waals surface area contributed by atoms with Crippen molar-refractivity contribution in [1.29, 1.82) is 0 Å². The number of aliphatic hydroxyl groups is 1. The van der Waals surface area contributed by atoms with Crippen LogP contribution in [-0.4, -0.2) is 53.1 Å². The Kier molecular flexibility index (Phi) is 8.72. The van der Waals surface area contributed by atoms with Crippen LogP contribution in [-0.2, 0) is 16.1 Å². The Labute approximate surface area is 239 Å². The van der Waals surface area contributed by atoms with Gasteiger partial charge < -0.3 is 29.0 Å². The van der Waals surface area contributed by atoms with Crippen molar-refractivity contribution in [2.24, 2.45) is 0 Å². The molecule has 1 aromatic heterocycles. The fourth-order valence-corrected chi connectivity index (χ4v) is 5.04. The molecule has 9 nitrogen and oxygen atoms in total. The fourth-order valence-electron chi connectivity index (χ4n) is 5.04. The standard InChI is InChI=1S/C32H34N2O7/c1-3-5-6-15-39-24-9-7-22(18-26(24)38-4-2)29-28(30(35)23-8-10-25-27(19-23)41-17-16-40-25)31(36)32(37)34(29)20-21-11-13-33-14-12-21/h7-14,18-19,29,35H,3-6,15-17,20H2,1-2H3/t29-/m0/s1. The summed E-state index contributed by atoms with van der Waals surface area (Å²) in [6.45, 7) is 5.92. The monoisotopic (exact) mass is 558 g/mol. The molecule has 2 aliphatic rings. The van der Waals surface area contributed by atoms with Crippen molar-refractivity contribution in [1.82, 2.24) is 9.88 Å². The zero-order valence-corrected chi connectivity index (χ0v) is 23.3. The first-order valence-electron chi connectivity index (χ1n) is 14.0. The molecule has 1 atom stereocenters. The van der Waals surface area contributed by atoms with Gasteiger partial charge in [-0.1, -0.05) is 25.8 Å². The number of ketones is 1. The molecule has 2 aliphatic heterocycles. The number of amides is 1. The summed E-state index contributed by atoms with van der Waals surface area (Å²) in [6, 6.07) is 13.0. The molecule has 0 bridgehead atoms. The largest absolute Gasteiger partial charge is 0.507 e. The number of pyridine rings is 1. The number of rotatable bonds is 11. The lowest BCUT2D eigenvalue weighted by Gasteiger charge is -2.26. The van der Waals surface area contributed by atoms with Crippen molar-refractivity contribution in [2.75, 3.05) is 26.4 Å². The minimum absolute atomic E-state index is 0.0141. The number of benzene rings is 2. The Morgan fingerprint density at radius 2 is 1.73 bits per heavy atom. The molecule has 0 radical (unpaired) electrons. The molecule has 1 N–H and O–H groups in total. The third-order valence-corrected chi connectivity index (χ3v) is 7.05. The van der Waals surface area contributed by atoms with Crippen LogP contribution < -0.4 is 18.9 Å². The van der Waals surface area contributed by atoms with Crippen LogP contribution in [0.1, 0.15) is 55.8 Å². The first kappa shape index (κ1) is 28.0. The van der Waals surface area contributed by atoms with Crippen molar-refractivity contribution in [2.45, 2.75) is 45.7 Å². The number of aromatic nitrogens is 1. The van der Waals surface area contributed by atoms with E-state index in [0.717, 1.165) is 24.8 Å². The molecule has 3 heterocycles. The van der Waals surface area contributed by atoms with Crippen LogP contribution in [0, 0.1) is 0 Å². The molecule has 1 saturated heterocycles. The number of fused-ring (bicyclic) bond motifs is 1. The van der Waals surface area contributed by atoms with E-state index in [0.29, 0.717) is 60.6 Å². The average molecular weight is 559 g/mol. The third-order valence-electron chi connectivity index (χ3n) is 7.05. The zero-order valence-electron chi connectivity index (χ0n) is 23.3. The van der Waals surface area contributed by atoms with Crippen molar-refractivity contribution < 1.29 is 33.6 Å². The molecule has 214 valence electrons. The maximum absolute atomic E-state index is 13.5. The van der Waals surface area contributed by atoms with E-state index in [1.165, 1.54) is 4.90 Å². The number of hydrogen-bond donors (Lipinski definition) is 1. The molecule has 1 amide bonds. The molecule has 0 saturated carbocycles. The van der Waals surface area contributed by atoms with Gasteiger partial charge in [-0.3, -0.25) is 14.6 Å². The second-order valence-corrected chi connectivity index (χ2v) is 9.84. The van der Waals surface area contributed by atoms with Crippen molar-refractivity contribution in [3.05, 3.63) is 83.2 Å². The highest BCUT2D eigenvalue weighted by Gasteiger charge is 2.46. The lowest BCUT2D eigenvalue weighted by atomic mass is 9.94. The molecule has 0 unspecified atom stereocenters. The van der Waals surface area contributed by atoms with E-state index in [1.54, 1.807) is 54.9 Å². The first-order chi connectivity index (χ1) is 20.0. The molecule has 2 aromatic carbocycles. The minimum Gasteiger partial charge on any atom is -0.507 e. The quantitative estimate of drug-likeness (QED) is 0.143. The SMILES string of the molecule is CCCCCOc1ccc([C@H]2C(=C(O)c3ccc4c(c3)OCCO4)C(=O)C(=O)N2Cc2ccncc2)cc1OCC. The van der Waals surface area contributed by atoms with Crippen LogP contribution in [0.25, 0.3) is 5.76 Å². The Morgan fingerprint density at radius 3 is 2.49 bits per heavy atom. The molecule has 41 heavy (non-hydrogen) atoms. The molecular formula is C32H34N2O7. The Hall–Kier alpha value is -4.53. The number of carbonyl (C=O) groups is 2. The minimum atomic E-state index is -0.871. The summed E-state index contributed by atoms with van der Waals surface area (Å²) in [6.07, 6.45) is 6.33. The van der Waals surface area contributed by atoms with Gasteiger partial charge in [-0.15, -0.1) is 0 Å². The van der Waals surface area contributed by atoms with Gasteiger partial charge in [-0.25, -0.2) is 0 Å². The predicted octanol–water partition coefficient (Wildman–Crippen LogP) is 5.44. The number of likely N-dealkylation sites (tertiary alicyclic amines) is 1. The van der Waals surface area contributed by atoms with Crippen LogP contribution in [0.5, 0.6) is 23.0 Å². The van der Waals surface area contributed by atoms with Crippen LogP contribution in [0.2, 0.25) is 0 Å². The van der Waals surface area contributed by atoms with Crippen molar-refractivity contribution >= 4 is 17.4 Å². The van der Waals surface area contributed by atoms with Gasteiger partial charge in [0.2, 0.25) is 0 Å². The van der Waals surface area contributed by atoms with Crippen LogP contribution in [0.3, 0.4) is 0 Å². The number of hydrogen-bond acceptors (Lipinski definition) is 8. The summed E-state index contributed by atoms with van der Waals surface area (Å²) in [5.41, 5.74) is 1.75. The normalized spacial score (nSPS) is 17.5. The second kappa shape index (κ2) is 12.8. The maximum atomic E-state index is 13.5. The number of ether oxygens (including phenoxy) is 4. The van der Waals surface area contributed by atoms with Crippen LogP contribution in [0.4, 0.5) is 0 Å². The average Bonchev–Trinajstić information content (AvgIpc) is 3.25. The molecule has 5 rings (SSSR count). The molecule has 1 fully saturated rings. The topological polar surface area (TPSA) is 107 Å². The van der Waals surface area contributed by atoms with Crippen molar-refractivity contribution in [3.8, 4) is 23.0 Å². The van der Waals surface area contributed by atoms with Gasteiger partial charge in [0, 0.05) is 24.5 Å². The number of carbonyl (C=O) groups excluding carboxylic acids is 2. The summed E-state index contributed by atoms with van der Waals surface area (Å²) < 4.78 is 23.2. The highest BCUT2D eigenvalue weighted by atomic mass is 16.6. The highest BCUT2D eigenvalue weighted by Crippen LogP contribution is 2.43. The van der Waals surface area contributed by atoms with E-state index < -0.39 is 17.7 Å². The zero-order chi connectivity index (χ0) is 28.8. The first-order valence-corrected chi connectivity index (χ1v) is 14.0. The lowest BCUT2D eigenvalue weighted by Crippen LogP contribution is -2.29. The Bertz CT molecular complexity index is 1440.